The summed E-state index contributed by atoms with van der Waals surface area (Å²) in [6.45, 7) is 4.10. The molecule has 0 radical (unpaired) electrons. The number of thiazole rings is 1. The van der Waals surface area contributed by atoms with E-state index >= 15 is 0 Å². The van der Waals surface area contributed by atoms with Gasteiger partial charge in [-0.15, -0.1) is 11.3 Å². The van der Waals surface area contributed by atoms with E-state index in [1.807, 2.05) is 19.2 Å². The van der Waals surface area contributed by atoms with E-state index in [4.69, 9.17) is 16.9 Å². The number of pyridine rings is 1. The second-order valence-electron chi connectivity index (χ2n) is 4.02. The van der Waals surface area contributed by atoms with Crippen molar-refractivity contribution in [2.75, 3.05) is 5.32 Å². The first-order valence-electron chi connectivity index (χ1n) is 5.91. The summed E-state index contributed by atoms with van der Waals surface area (Å²) in [5.41, 5.74) is 0.416. The molecule has 0 spiro atoms. The Balaban J connectivity index is 2.19. The lowest BCUT2D eigenvalue weighted by molar-refractivity contribution is 0.860. The molecule has 2 rings (SSSR count). The van der Waals surface area contributed by atoms with Gasteiger partial charge >= 0.3 is 0 Å². The van der Waals surface area contributed by atoms with Gasteiger partial charge < -0.3 is 5.32 Å². The van der Waals surface area contributed by atoms with Crippen molar-refractivity contribution in [1.29, 1.82) is 5.26 Å². The first-order chi connectivity index (χ1) is 9.15. The van der Waals surface area contributed by atoms with Crippen LogP contribution in [0.1, 0.15) is 35.3 Å². The molecule has 19 heavy (non-hydrogen) atoms. The fourth-order valence-corrected chi connectivity index (χ4v) is 2.65. The number of halogens is 1. The fourth-order valence-electron chi connectivity index (χ4n) is 1.58. The maximum absolute atomic E-state index is 8.93. The van der Waals surface area contributed by atoms with E-state index in [-0.39, 0.29) is 6.04 Å². The van der Waals surface area contributed by atoms with Crippen molar-refractivity contribution in [3.8, 4) is 6.07 Å². The van der Waals surface area contributed by atoms with E-state index in [1.165, 1.54) is 4.88 Å². The predicted octanol–water partition coefficient (Wildman–Crippen LogP) is 3.80. The third-order valence-corrected chi connectivity index (χ3v) is 4.36. The second-order valence-corrected chi connectivity index (χ2v) is 5.54. The number of nitrogens with zero attached hydrogens (tertiary/aromatic N) is 3. The van der Waals surface area contributed by atoms with Gasteiger partial charge in [-0.2, -0.15) is 5.26 Å². The molecule has 4 nitrogen and oxygen atoms in total. The normalized spacial score (nSPS) is 11.9. The molecule has 1 atom stereocenters. The molecule has 0 aliphatic rings. The Hall–Kier alpha value is -1.64. The first-order valence-corrected chi connectivity index (χ1v) is 7.10. The van der Waals surface area contributed by atoms with Crippen LogP contribution in [-0.4, -0.2) is 9.97 Å². The Morgan fingerprint density at radius 1 is 1.53 bits per heavy atom. The fraction of sp³-hybridized carbons (Fsp3) is 0.308. The Labute approximate surface area is 121 Å². The Bertz CT molecular complexity index is 617. The lowest BCUT2D eigenvalue weighted by Crippen LogP contribution is -2.08. The van der Waals surface area contributed by atoms with Crippen molar-refractivity contribution in [1.82, 2.24) is 9.97 Å². The smallest absolute Gasteiger partial charge is 0.146 e. The van der Waals surface area contributed by atoms with Gasteiger partial charge in [-0.1, -0.05) is 18.5 Å². The molecule has 6 heteroatoms. The molecule has 0 saturated carbocycles. The van der Waals surface area contributed by atoms with Crippen LogP contribution >= 0.6 is 22.9 Å². The van der Waals surface area contributed by atoms with E-state index in [2.05, 4.69) is 22.2 Å². The quantitative estimate of drug-likeness (QED) is 0.931. The topological polar surface area (TPSA) is 61.6 Å². The summed E-state index contributed by atoms with van der Waals surface area (Å²) < 4.78 is 0. The van der Waals surface area contributed by atoms with Crippen molar-refractivity contribution in [2.45, 2.75) is 26.3 Å². The zero-order valence-corrected chi connectivity index (χ0v) is 12.2. The number of rotatable bonds is 4. The highest BCUT2D eigenvalue weighted by molar-refractivity contribution is 7.11. The van der Waals surface area contributed by atoms with Crippen LogP contribution in [0.25, 0.3) is 0 Å². The van der Waals surface area contributed by atoms with Gasteiger partial charge in [-0.3, -0.25) is 0 Å². The average molecular weight is 293 g/mol. The number of hydrogen-bond acceptors (Lipinski definition) is 5. The van der Waals surface area contributed by atoms with Crippen LogP contribution in [0, 0.1) is 11.3 Å². The van der Waals surface area contributed by atoms with E-state index < -0.39 is 0 Å². The van der Waals surface area contributed by atoms with Crippen LogP contribution in [0.4, 0.5) is 5.82 Å². The minimum atomic E-state index is 0.00393. The summed E-state index contributed by atoms with van der Waals surface area (Å²) in [6, 6.07) is 3.63. The SMILES string of the molecule is CCc1cnc(C(C)Nc2nccc(C#N)c2Cl)s1. The molecule has 2 aromatic rings. The highest BCUT2D eigenvalue weighted by atomic mass is 35.5. The van der Waals surface area contributed by atoms with Crippen molar-refractivity contribution in [2.24, 2.45) is 0 Å². The minimum Gasteiger partial charge on any atom is -0.360 e. The minimum absolute atomic E-state index is 0.00393. The zero-order valence-electron chi connectivity index (χ0n) is 10.6. The van der Waals surface area contributed by atoms with Crippen LogP contribution in [0.5, 0.6) is 0 Å². The zero-order chi connectivity index (χ0) is 13.8. The van der Waals surface area contributed by atoms with Crippen molar-refractivity contribution in [3.05, 3.63) is 38.9 Å². The van der Waals surface area contributed by atoms with E-state index in [0.29, 0.717) is 16.4 Å². The third-order valence-electron chi connectivity index (χ3n) is 2.65. The summed E-state index contributed by atoms with van der Waals surface area (Å²) in [6.07, 6.45) is 4.44. The molecule has 2 aromatic heterocycles. The Morgan fingerprint density at radius 2 is 2.32 bits per heavy atom. The van der Waals surface area contributed by atoms with Gasteiger partial charge in [0.2, 0.25) is 0 Å². The first kappa shape index (κ1) is 13.8. The van der Waals surface area contributed by atoms with Crippen LogP contribution in [0.3, 0.4) is 0 Å². The van der Waals surface area contributed by atoms with Gasteiger partial charge in [0.05, 0.1) is 11.6 Å². The summed E-state index contributed by atoms with van der Waals surface area (Å²) in [7, 11) is 0. The monoisotopic (exact) mass is 292 g/mol. The lowest BCUT2D eigenvalue weighted by atomic mass is 10.2. The number of aryl methyl sites for hydroxylation is 1. The molecule has 2 heterocycles. The number of nitrogens with one attached hydrogen (secondary N) is 1. The van der Waals surface area contributed by atoms with E-state index in [1.54, 1.807) is 23.6 Å². The number of anilines is 1. The van der Waals surface area contributed by atoms with Crippen molar-refractivity contribution in [3.63, 3.8) is 0 Å². The molecule has 0 bridgehead atoms. The van der Waals surface area contributed by atoms with Gasteiger partial charge in [0, 0.05) is 17.3 Å². The number of aromatic nitrogens is 2. The van der Waals surface area contributed by atoms with Crippen LogP contribution in [-0.2, 0) is 6.42 Å². The molecular weight excluding hydrogens is 280 g/mol. The highest BCUT2D eigenvalue weighted by Gasteiger charge is 2.14. The molecule has 1 N–H and O–H groups in total. The lowest BCUT2D eigenvalue weighted by Gasteiger charge is -2.13. The van der Waals surface area contributed by atoms with Gasteiger partial charge in [0.1, 0.15) is 21.9 Å². The maximum Gasteiger partial charge on any atom is 0.146 e. The van der Waals surface area contributed by atoms with Crippen LogP contribution in [0.15, 0.2) is 18.5 Å². The molecule has 0 amide bonds. The molecular formula is C13H13ClN4S. The largest absolute Gasteiger partial charge is 0.360 e. The summed E-state index contributed by atoms with van der Waals surface area (Å²) >= 11 is 7.77. The highest BCUT2D eigenvalue weighted by Crippen LogP contribution is 2.28. The maximum atomic E-state index is 8.93. The van der Waals surface area contributed by atoms with Crippen molar-refractivity contribution >= 4 is 28.8 Å². The average Bonchev–Trinajstić information content (AvgIpc) is 2.90. The van der Waals surface area contributed by atoms with Crippen LogP contribution in [0.2, 0.25) is 5.02 Å². The predicted molar refractivity (Wildman–Crippen MR) is 77.5 cm³/mol. The number of hydrogen-bond donors (Lipinski definition) is 1. The molecule has 1 unspecified atom stereocenters. The van der Waals surface area contributed by atoms with Crippen molar-refractivity contribution < 1.29 is 0 Å². The molecule has 0 saturated heterocycles. The number of nitriles is 1. The Kier molecular flexibility index (Phi) is 4.35. The van der Waals surface area contributed by atoms with Gasteiger partial charge in [0.25, 0.3) is 0 Å². The molecule has 0 aliphatic carbocycles. The summed E-state index contributed by atoms with van der Waals surface area (Å²) in [4.78, 5) is 9.78. The molecule has 0 aliphatic heterocycles. The van der Waals surface area contributed by atoms with Gasteiger partial charge in [0.15, 0.2) is 0 Å². The second kappa shape index (κ2) is 6.00. The van der Waals surface area contributed by atoms with Gasteiger partial charge in [-0.25, -0.2) is 9.97 Å². The molecule has 0 aromatic carbocycles. The van der Waals surface area contributed by atoms with E-state index in [9.17, 15) is 0 Å². The molecule has 0 fully saturated rings. The third kappa shape index (κ3) is 3.03. The van der Waals surface area contributed by atoms with E-state index in [0.717, 1.165) is 11.4 Å². The standard InChI is InChI=1S/C13H13ClN4S/c1-3-10-7-17-13(19-10)8(2)18-12-11(14)9(6-15)4-5-16-12/h4-5,7-8H,3H2,1-2H3,(H,16,18). The summed E-state index contributed by atoms with van der Waals surface area (Å²) in [5, 5.41) is 13.5. The summed E-state index contributed by atoms with van der Waals surface area (Å²) in [5.74, 6) is 0.515. The van der Waals surface area contributed by atoms with Gasteiger partial charge in [-0.05, 0) is 19.4 Å². The Morgan fingerprint density at radius 3 is 2.95 bits per heavy atom. The molecule has 98 valence electrons. The van der Waals surface area contributed by atoms with Crippen LogP contribution < -0.4 is 5.32 Å².